The Kier molecular flexibility index (Phi) is 7.69. The van der Waals surface area contributed by atoms with E-state index in [1.807, 2.05) is 45.0 Å². The largest absolute Gasteiger partial charge is 0.349 e. The lowest BCUT2D eigenvalue weighted by Gasteiger charge is -2.32. The van der Waals surface area contributed by atoms with Gasteiger partial charge in [-0.05, 0) is 69.0 Å². The summed E-state index contributed by atoms with van der Waals surface area (Å²) in [5.41, 5.74) is 2.06. The molecule has 2 N–H and O–H groups in total. The highest BCUT2D eigenvalue weighted by atomic mass is 32.2. The molecule has 3 rings (SSSR count). The van der Waals surface area contributed by atoms with Gasteiger partial charge in [-0.3, -0.25) is 9.59 Å². The molecular formula is C24H31N3O4S. The van der Waals surface area contributed by atoms with Crippen LogP contribution in [0.2, 0.25) is 0 Å². The highest BCUT2D eigenvalue weighted by molar-refractivity contribution is 7.89. The first-order valence-corrected chi connectivity index (χ1v) is 12.5. The average Bonchev–Trinajstić information content (AvgIpc) is 2.79. The van der Waals surface area contributed by atoms with Gasteiger partial charge in [-0.25, -0.2) is 13.1 Å². The summed E-state index contributed by atoms with van der Waals surface area (Å²) in [7, 11) is -3.60. The van der Waals surface area contributed by atoms with Crippen LogP contribution in [0.4, 0.5) is 0 Å². The number of hydrogen-bond donors (Lipinski definition) is 2. The van der Waals surface area contributed by atoms with Crippen LogP contribution in [-0.2, 0) is 10.0 Å². The van der Waals surface area contributed by atoms with Gasteiger partial charge < -0.3 is 10.2 Å². The average molecular weight is 458 g/mol. The topological polar surface area (TPSA) is 95.6 Å². The van der Waals surface area contributed by atoms with Crippen molar-refractivity contribution in [2.75, 3.05) is 13.1 Å². The van der Waals surface area contributed by atoms with E-state index in [4.69, 9.17) is 0 Å². The molecule has 1 heterocycles. The molecule has 0 bridgehead atoms. The number of rotatable bonds is 7. The van der Waals surface area contributed by atoms with Crippen LogP contribution in [-0.4, -0.2) is 50.3 Å². The first-order valence-electron chi connectivity index (χ1n) is 11.0. The molecule has 0 radical (unpaired) electrons. The minimum Gasteiger partial charge on any atom is -0.349 e. The number of aryl methyl sites for hydroxylation is 1. The minimum atomic E-state index is -3.60. The Balaban J connectivity index is 1.56. The number of carbonyl (C=O) groups excluding carboxylic acids is 2. The van der Waals surface area contributed by atoms with Gasteiger partial charge in [-0.2, -0.15) is 0 Å². The third kappa shape index (κ3) is 5.75. The maximum atomic E-state index is 12.9. The van der Waals surface area contributed by atoms with E-state index in [-0.39, 0.29) is 28.8 Å². The maximum Gasteiger partial charge on any atom is 0.253 e. The Morgan fingerprint density at radius 1 is 1.06 bits per heavy atom. The molecule has 1 fully saturated rings. The molecule has 1 aliphatic rings. The Morgan fingerprint density at radius 3 is 2.28 bits per heavy atom. The first-order chi connectivity index (χ1) is 15.2. The molecule has 2 amide bonds. The standard InChI is InChI=1S/C24H31N3O4S/c1-4-18(3)26-32(30,31)21-11-9-19(10-12-21)24(29)27-15-13-20(14-16-27)25-23(28)22-8-6-5-7-17(22)2/h5-12,18,20,26H,4,13-16H2,1-3H3,(H,25,28). The van der Waals surface area contributed by atoms with Crippen molar-refractivity contribution in [3.05, 3.63) is 65.2 Å². The maximum absolute atomic E-state index is 12.9. The molecule has 7 nitrogen and oxygen atoms in total. The molecule has 32 heavy (non-hydrogen) atoms. The van der Waals surface area contributed by atoms with Crippen molar-refractivity contribution in [3.8, 4) is 0 Å². The Hall–Kier alpha value is -2.71. The molecule has 172 valence electrons. The van der Waals surface area contributed by atoms with Crippen LogP contribution in [0.15, 0.2) is 53.4 Å². The van der Waals surface area contributed by atoms with E-state index in [0.717, 1.165) is 5.56 Å². The van der Waals surface area contributed by atoms with Crippen LogP contribution in [0.5, 0.6) is 0 Å². The molecule has 1 saturated heterocycles. The minimum absolute atomic E-state index is 0.0188. The molecule has 0 aliphatic carbocycles. The highest BCUT2D eigenvalue weighted by Crippen LogP contribution is 2.17. The van der Waals surface area contributed by atoms with E-state index in [0.29, 0.717) is 43.5 Å². The van der Waals surface area contributed by atoms with Crippen LogP contribution in [0.25, 0.3) is 0 Å². The van der Waals surface area contributed by atoms with Gasteiger partial charge in [0.25, 0.3) is 11.8 Å². The van der Waals surface area contributed by atoms with Gasteiger partial charge in [0.1, 0.15) is 0 Å². The number of sulfonamides is 1. The SMILES string of the molecule is CCC(C)NS(=O)(=O)c1ccc(C(=O)N2CCC(NC(=O)c3ccccc3C)CC2)cc1. The van der Waals surface area contributed by atoms with Gasteiger partial charge in [-0.15, -0.1) is 0 Å². The number of hydrogen-bond acceptors (Lipinski definition) is 4. The second kappa shape index (κ2) is 10.3. The van der Waals surface area contributed by atoms with E-state index in [2.05, 4.69) is 10.0 Å². The quantitative estimate of drug-likeness (QED) is 0.668. The smallest absolute Gasteiger partial charge is 0.253 e. The Labute approximate surface area is 190 Å². The van der Waals surface area contributed by atoms with Crippen LogP contribution >= 0.6 is 0 Å². The fourth-order valence-electron chi connectivity index (χ4n) is 3.69. The molecule has 8 heteroatoms. The van der Waals surface area contributed by atoms with Crippen molar-refractivity contribution < 1.29 is 18.0 Å². The van der Waals surface area contributed by atoms with E-state index in [1.165, 1.54) is 12.1 Å². The van der Waals surface area contributed by atoms with Crippen molar-refractivity contribution in [2.24, 2.45) is 0 Å². The van der Waals surface area contributed by atoms with Crippen LogP contribution < -0.4 is 10.0 Å². The number of likely N-dealkylation sites (tertiary alicyclic amines) is 1. The molecule has 1 aliphatic heterocycles. The van der Waals surface area contributed by atoms with Gasteiger partial charge in [0.2, 0.25) is 10.0 Å². The molecule has 0 spiro atoms. The second-order valence-electron chi connectivity index (χ2n) is 8.31. The number of amides is 2. The molecule has 2 aromatic carbocycles. The van der Waals surface area contributed by atoms with Gasteiger partial charge >= 0.3 is 0 Å². The van der Waals surface area contributed by atoms with E-state index in [1.54, 1.807) is 17.0 Å². The number of benzene rings is 2. The van der Waals surface area contributed by atoms with Crippen LogP contribution in [0.1, 0.15) is 59.4 Å². The van der Waals surface area contributed by atoms with E-state index in [9.17, 15) is 18.0 Å². The van der Waals surface area contributed by atoms with Crippen molar-refractivity contribution in [3.63, 3.8) is 0 Å². The summed E-state index contributed by atoms with van der Waals surface area (Å²) in [6.07, 6.45) is 2.04. The molecule has 0 aromatic heterocycles. The molecule has 1 unspecified atom stereocenters. The second-order valence-corrected chi connectivity index (χ2v) is 10.0. The van der Waals surface area contributed by atoms with Gasteiger partial charge in [-0.1, -0.05) is 25.1 Å². The van der Waals surface area contributed by atoms with Crippen molar-refractivity contribution >= 4 is 21.8 Å². The summed E-state index contributed by atoms with van der Waals surface area (Å²) in [6.45, 7) is 6.70. The summed E-state index contributed by atoms with van der Waals surface area (Å²) in [4.78, 5) is 27.3. The third-order valence-corrected chi connectivity index (χ3v) is 7.49. The monoisotopic (exact) mass is 457 g/mol. The summed E-state index contributed by atoms with van der Waals surface area (Å²) in [5.74, 6) is -0.219. The van der Waals surface area contributed by atoms with Crippen molar-refractivity contribution in [1.82, 2.24) is 14.9 Å². The molecule has 0 saturated carbocycles. The zero-order valence-electron chi connectivity index (χ0n) is 18.8. The third-order valence-electron chi connectivity index (χ3n) is 5.89. The lowest BCUT2D eigenvalue weighted by Crippen LogP contribution is -2.46. The van der Waals surface area contributed by atoms with Gasteiger partial charge in [0.15, 0.2) is 0 Å². The zero-order chi connectivity index (χ0) is 23.3. The zero-order valence-corrected chi connectivity index (χ0v) is 19.6. The highest BCUT2D eigenvalue weighted by Gasteiger charge is 2.25. The predicted octanol–water partition coefficient (Wildman–Crippen LogP) is 3.11. The predicted molar refractivity (Wildman–Crippen MR) is 124 cm³/mol. The van der Waals surface area contributed by atoms with Gasteiger partial charge in [0.05, 0.1) is 4.90 Å². The summed E-state index contributed by atoms with van der Waals surface area (Å²) < 4.78 is 27.4. The molecule has 2 aromatic rings. The summed E-state index contributed by atoms with van der Waals surface area (Å²) in [5, 5.41) is 3.07. The Bertz CT molecular complexity index is 1060. The fraction of sp³-hybridized carbons (Fsp3) is 0.417. The summed E-state index contributed by atoms with van der Waals surface area (Å²) in [6, 6.07) is 13.4. The number of piperidine rings is 1. The lowest BCUT2D eigenvalue weighted by atomic mass is 10.0. The number of nitrogens with zero attached hydrogens (tertiary/aromatic N) is 1. The molecular weight excluding hydrogens is 426 g/mol. The fourth-order valence-corrected chi connectivity index (χ4v) is 5.02. The molecule has 1 atom stereocenters. The Morgan fingerprint density at radius 2 is 1.69 bits per heavy atom. The lowest BCUT2D eigenvalue weighted by molar-refractivity contribution is 0.0698. The van der Waals surface area contributed by atoms with Crippen molar-refractivity contribution in [1.29, 1.82) is 0 Å². The summed E-state index contributed by atoms with van der Waals surface area (Å²) >= 11 is 0. The first kappa shape index (κ1) is 23.9. The normalized spacial score (nSPS) is 15.9. The van der Waals surface area contributed by atoms with Gasteiger partial charge in [0, 0.05) is 36.3 Å². The van der Waals surface area contributed by atoms with E-state index >= 15 is 0 Å². The van der Waals surface area contributed by atoms with Crippen molar-refractivity contribution in [2.45, 2.75) is 57.0 Å². The number of nitrogens with one attached hydrogen (secondary N) is 2. The number of carbonyl (C=O) groups is 2. The van der Waals surface area contributed by atoms with E-state index < -0.39 is 10.0 Å². The van der Waals surface area contributed by atoms with Crippen LogP contribution in [0, 0.1) is 6.92 Å². The van der Waals surface area contributed by atoms with Crippen LogP contribution in [0.3, 0.4) is 0 Å².